The highest BCUT2D eigenvalue weighted by atomic mass is 16.2. The molecular formula is C13H16N6O. The molecule has 7 heteroatoms. The summed E-state index contributed by atoms with van der Waals surface area (Å²) in [6.45, 7) is 3.24. The van der Waals surface area contributed by atoms with Crippen LogP contribution in [0.1, 0.15) is 34.9 Å². The normalized spacial score (nSPS) is 19.1. The van der Waals surface area contributed by atoms with Crippen LogP contribution in [-0.4, -0.2) is 48.6 Å². The van der Waals surface area contributed by atoms with Crippen molar-refractivity contribution in [3.05, 3.63) is 36.4 Å². The van der Waals surface area contributed by atoms with Crippen molar-refractivity contribution in [3.8, 4) is 0 Å². The van der Waals surface area contributed by atoms with Crippen LogP contribution in [0.3, 0.4) is 0 Å². The van der Waals surface area contributed by atoms with E-state index in [1.165, 1.54) is 12.7 Å². The van der Waals surface area contributed by atoms with Gasteiger partial charge in [0, 0.05) is 19.3 Å². The highest BCUT2D eigenvalue weighted by Gasteiger charge is 2.26. The molecule has 1 fully saturated rings. The van der Waals surface area contributed by atoms with Gasteiger partial charge in [0.1, 0.15) is 19.0 Å². The van der Waals surface area contributed by atoms with Crippen LogP contribution in [0.15, 0.2) is 25.2 Å². The van der Waals surface area contributed by atoms with E-state index < -0.39 is 0 Å². The summed E-state index contributed by atoms with van der Waals surface area (Å²) < 4.78 is 1.83. The monoisotopic (exact) mass is 272 g/mol. The second-order valence-corrected chi connectivity index (χ2v) is 4.94. The van der Waals surface area contributed by atoms with Gasteiger partial charge in [-0.3, -0.25) is 4.79 Å². The Kier molecular flexibility index (Phi) is 3.41. The van der Waals surface area contributed by atoms with Crippen molar-refractivity contribution in [1.29, 1.82) is 0 Å². The van der Waals surface area contributed by atoms with Gasteiger partial charge in [0.2, 0.25) is 0 Å². The zero-order valence-corrected chi connectivity index (χ0v) is 11.3. The van der Waals surface area contributed by atoms with Crippen LogP contribution in [0, 0.1) is 6.92 Å². The van der Waals surface area contributed by atoms with Gasteiger partial charge < -0.3 is 4.90 Å². The average molecular weight is 272 g/mol. The second kappa shape index (κ2) is 5.36. The predicted octanol–water partition coefficient (Wildman–Crippen LogP) is 0.854. The Morgan fingerprint density at radius 2 is 2.25 bits per heavy atom. The second-order valence-electron chi connectivity index (χ2n) is 4.94. The quantitative estimate of drug-likeness (QED) is 0.810. The van der Waals surface area contributed by atoms with E-state index in [9.17, 15) is 4.79 Å². The Morgan fingerprint density at radius 3 is 3.00 bits per heavy atom. The third-order valence-corrected chi connectivity index (χ3v) is 3.64. The molecule has 1 atom stereocenters. The summed E-state index contributed by atoms with van der Waals surface area (Å²) in [5.74, 6) is -0.00656. The number of hydrogen-bond donors (Lipinski definition) is 0. The molecule has 1 aliphatic rings. The Hall–Kier alpha value is -2.31. The van der Waals surface area contributed by atoms with Crippen LogP contribution in [-0.2, 0) is 0 Å². The first-order valence-electron chi connectivity index (χ1n) is 6.65. The lowest BCUT2D eigenvalue weighted by Crippen LogP contribution is -2.41. The Labute approximate surface area is 116 Å². The van der Waals surface area contributed by atoms with Gasteiger partial charge in [-0.25, -0.2) is 19.6 Å². The van der Waals surface area contributed by atoms with Crippen molar-refractivity contribution in [2.75, 3.05) is 13.1 Å². The van der Waals surface area contributed by atoms with Gasteiger partial charge in [-0.2, -0.15) is 5.10 Å². The molecule has 0 bridgehead atoms. The molecule has 104 valence electrons. The fourth-order valence-corrected chi connectivity index (χ4v) is 2.53. The lowest BCUT2D eigenvalue weighted by molar-refractivity contribution is 0.0671. The summed E-state index contributed by atoms with van der Waals surface area (Å²) >= 11 is 0. The van der Waals surface area contributed by atoms with E-state index in [1.807, 2.05) is 16.5 Å². The zero-order chi connectivity index (χ0) is 13.9. The largest absolute Gasteiger partial charge is 0.336 e. The average Bonchev–Trinajstić information content (AvgIpc) is 3.01. The maximum Gasteiger partial charge on any atom is 0.257 e. The first kappa shape index (κ1) is 12.7. The number of carbonyl (C=O) groups is 1. The number of carbonyl (C=O) groups excluding carboxylic acids is 1. The molecule has 2 aromatic rings. The molecule has 0 saturated carbocycles. The summed E-state index contributed by atoms with van der Waals surface area (Å²) in [5, 5.41) is 4.17. The fourth-order valence-electron chi connectivity index (χ4n) is 2.53. The molecule has 7 nitrogen and oxygen atoms in total. The van der Waals surface area contributed by atoms with Crippen molar-refractivity contribution in [1.82, 2.24) is 29.6 Å². The maximum atomic E-state index is 12.5. The highest BCUT2D eigenvalue weighted by molar-refractivity contribution is 5.94. The van der Waals surface area contributed by atoms with Crippen LogP contribution < -0.4 is 0 Å². The van der Waals surface area contributed by atoms with E-state index >= 15 is 0 Å². The van der Waals surface area contributed by atoms with Crippen molar-refractivity contribution in [2.24, 2.45) is 0 Å². The molecule has 1 saturated heterocycles. The van der Waals surface area contributed by atoms with E-state index in [-0.39, 0.29) is 11.9 Å². The first-order valence-corrected chi connectivity index (χ1v) is 6.65. The molecule has 3 heterocycles. The molecule has 1 unspecified atom stereocenters. The molecule has 1 aliphatic heterocycles. The minimum absolute atomic E-state index is 0.00656. The predicted molar refractivity (Wildman–Crippen MR) is 71.0 cm³/mol. The highest BCUT2D eigenvalue weighted by Crippen LogP contribution is 2.22. The number of rotatable bonds is 2. The van der Waals surface area contributed by atoms with Gasteiger partial charge in [0.05, 0.1) is 17.3 Å². The summed E-state index contributed by atoms with van der Waals surface area (Å²) in [7, 11) is 0. The van der Waals surface area contributed by atoms with E-state index in [4.69, 9.17) is 0 Å². The van der Waals surface area contributed by atoms with Crippen molar-refractivity contribution >= 4 is 5.91 Å². The summed E-state index contributed by atoms with van der Waals surface area (Å²) in [4.78, 5) is 26.4. The van der Waals surface area contributed by atoms with Crippen LogP contribution in [0.25, 0.3) is 0 Å². The Balaban J connectivity index is 1.77. The number of nitrogens with zero attached hydrogens (tertiary/aromatic N) is 6. The molecule has 0 aromatic carbocycles. The lowest BCUT2D eigenvalue weighted by Gasteiger charge is -2.32. The number of aryl methyl sites for hydroxylation is 1. The maximum absolute atomic E-state index is 12.5. The van der Waals surface area contributed by atoms with Gasteiger partial charge in [0.15, 0.2) is 0 Å². The standard InChI is InChI=1S/C13H16N6O/c1-10-12(5-14-7-16-10)13(20)18-4-2-3-11(6-18)19-9-15-8-17-19/h5,7-9,11H,2-4,6H2,1H3. The minimum atomic E-state index is -0.00656. The molecule has 3 rings (SSSR count). The van der Waals surface area contributed by atoms with Crippen LogP contribution in [0.4, 0.5) is 0 Å². The Bertz CT molecular complexity index is 597. The zero-order valence-electron chi connectivity index (χ0n) is 11.3. The molecule has 0 N–H and O–H groups in total. The number of likely N-dealkylation sites (tertiary alicyclic amines) is 1. The van der Waals surface area contributed by atoms with Crippen LogP contribution in [0.5, 0.6) is 0 Å². The number of piperidine rings is 1. The van der Waals surface area contributed by atoms with Crippen molar-refractivity contribution in [3.63, 3.8) is 0 Å². The number of hydrogen-bond acceptors (Lipinski definition) is 5. The molecule has 2 aromatic heterocycles. The third kappa shape index (κ3) is 2.38. The summed E-state index contributed by atoms with van der Waals surface area (Å²) in [6, 6.07) is 0.195. The topological polar surface area (TPSA) is 76.8 Å². The van der Waals surface area contributed by atoms with E-state index in [0.29, 0.717) is 17.8 Å². The van der Waals surface area contributed by atoms with Gasteiger partial charge in [0.25, 0.3) is 5.91 Å². The summed E-state index contributed by atoms with van der Waals surface area (Å²) in [5.41, 5.74) is 1.29. The SMILES string of the molecule is Cc1ncncc1C(=O)N1CCCC(n2cncn2)C1. The molecule has 20 heavy (non-hydrogen) atoms. The van der Waals surface area contributed by atoms with E-state index in [2.05, 4.69) is 20.1 Å². The van der Waals surface area contributed by atoms with Gasteiger partial charge in [-0.15, -0.1) is 0 Å². The third-order valence-electron chi connectivity index (χ3n) is 3.64. The van der Waals surface area contributed by atoms with Gasteiger partial charge >= 0.3 is 0 Å². The van der Waals surface area contributed by atoms with E-state index in [0.717, 1.165) is 19.4 Å². The van der Waals surface area contributed by atoms with Gasteiger partial charge in [-0.1, -0.05) is 0 Å². The molecule has 1 amide bonds. The number of aromatic nitrogens is 5. The smallest absolute Gasteiger partial charge is 0.257 e. The summed E-state index contributed by atoms with van der Waals surface area (Å²) in [6.07, 6.45) is 8.25. The molecular weight excluding hydrogens is 256 g/mol. The molecule has 0 spiro atoms. The fraction of sp³-hybridized carbons (Fsp3) is 0.462. The van der Waals surface area contributed by atoms with Gasteiger partial charge in [-0.05, 0) is 19.8 Å². The van der Waals surface area contributed by atoms with Crippen LogP contribution >= 0.6 is 0 Å². The minimum Gasteiger partial charge on any atom is -0.336 e. The molecule has 0 radical (unpaired) electrons. The molecule has 0 aliphatic carbocycles. The number of amides is 1. The van der Waals surface area contributed by atoms with Crippen LogP contribution in [0.2, 0.25) is 0 Å². The van der Waals surface area contributed by atoms with E-state index in [1.54, 1.807) is 12.5 Å². The first-order chi connectivity index (χ1) is 9.75. The van der Waals surface area contributed by atoms with Crippen molar-refractivity contribution in [2.45, 2.75) is 25.8 Å². The lowest BCUT2D eigenvalue weighted by atomic mass is 10.0. The van der Waals surface area contributed by atoms with Crippen molar-refractivity contribution < 1.29 is 4.79 Å². The Morgan fingerprint density at radius 1 is 1.35 bits per heavy atom.